The molecule has 26 heavy (non-hydrogen) atoms. The molecule has 0 aliphatic heterocycles. The summed E-state index contributed by atoms with van der Waals surface area (Å²) >= 11 is 0. The third-order valence-corrected chi connectivity index (χ3v) is 4.97. The number of methoxy groups -OCH3 is 4. The van der Waals surface area contributed by atoms with Crippen LogP contribution < -0.4 is 18.9 Å². The second-order valence-electron chi connectivity index (χ2n) is 5.42. The van der Waals surface area contributed by atoms with Gasteiger partial charge in [-0.15, -0.1) is 0 Å². The van der Waals surface area contributed by atoms with Crippen molar-refractivity contribution >= 4 is 15.9 Å². The molecule has 0 fully saturated rings. The lowest BCUT2D eigenvalue weighted by atomic mass is 10.2. The number of hydrogen-bond acceptors (Lipinski definition) is 6. The van der Waals surface area contributed by atoms with Gasteiger partial charge in [0.1, 0.15) is 5.75 Å². The molecule has 0 amide bonds. The van der Waals surface area contributed by atoms with Gasteiger partial charge in [0.15, 0.2) is 21.3 Å². The average molecular weight is 378 g/mol. The second-order valence-corrected chi connectivity index (χ2v) is 7.30. The second kappa shape index (κ2) is 8.62. The van der Waals surface area contributed by atoms with Gasteiger partial charge in [0.05, 0.1) is 34.2 Å². The summed E-state index contributed by atoms with van der Waals surface area (Å²) < 4.78 is 45.6. The molecular weight excluding hydrogens is 356 g/mol. The lowest BCUT2D eigenvalue weighted by molar-refractivity contribution is 0.324. The third kappa shape index (κ3) is 4.92. The minimum absolute atomic E-state index is 0.0993. The molecule has 2 aromatic carbocycles. The number of hydrogen-bond donors (Lipinski definition) is 0. The van der Waals surface area contributed by atoms with E-state index in [1.165, 1.54) is 32.8 Å². The molecule has 0 aliphatic rings. The highest BCUT2D eigenvalue weighted by Gasteiger charge is 2.13. The molecule has 2 aromatic rings. The number of benzene rings is 2. The van der Waals surface area contributed by atoms with Gasteiger partial charge in [-0.3, -0.25) is 0 Å². The Morgan fingerprint density at radius 3 is 1.88 bits per heavy atom. The monoisotopic (exact) mass is 378 g/mol. The van der Waals surface area contributed by atoms with E-state index in [1.54, 1.807) is 43.5 Å². The van der Waals surface area contributed by atoms with E-state index in [-0.39, 0.29) is 5.75 Å². The fraction of sp³-hybridized carbons (Fsp3) is 0.263. The molecule has 0 N–H and O–H groups in total. The van der Waals surface area contributed by atoms with Crippen molar-refractivity contribution in [3.63, 3.8) is 0 Å². The van der Waals surface area contributed by atoms with Gasteiger partial charge in [-0.05, 0) is 41.5 Å². The molecule has 0 atom stereocenters. The summed E-state index contributed by atoms with van der Waals surface area (Å²) in [7, 11) is 2.64. The molecule has 0 aliphatic carbocycles. The first kappa shape index (κ1) is 19.7. The highest BCUT2D eigenvalue weighted by molar-refractivity contribution is 7.93. The molecule has 0 radical (unpaired) electrons. The Morgan fingerprint density at radius 1 is 0.846 bits per heavy atom. The zero-order valence-electron chi connectivity index (χ0n) is 15.2. The van der Waals surface area contributed by atoms with Crippen molar-refractivity contribution in [2.45, 2.75) is 5.75 Å². The largest absolute Gasteiger partial charge is 0.497 e. The highest BCUT2D eigenvalue weighted by Crippen LogP contribution is 2.38. The molecule has 0 spiro atoms. The molecule has 0 unspecified atom stereocenters. The molecule has 0 aromatic heterocycles. The van der Waals surface area contributed by atoms with Gasteiger partial charge >= 0.3 is 0 Å². The Morgan fingerprint density at radius 2 is 1.42 bits per heavy atom. The summed E-state index contributed by atoms with van der Waals surface area (Å²) in [6.45, 7) is 0. The van der Waals surface area contributed by atoms with Crippen molar-refractivity contribution in [3.8, 4) is 23.0 Å². The first-order valence-corrected chi connectivity index (χ1v) is 9.47. The van der Waals surface area contributed by atoms with Crippen LogP contribution in [0.4, 0.5) is 0 Å². The fourth-order valence-electron chi connectivity index (χ4n) is 2.38. The van der Waals surface area contributed by atoms with Gasteiger partial charge in [0.25, 0.3) is 0 Å². The van der Waals surface area contributed by atoms with E-state index >= 15 is 0 Å². The zero-order valence-corrected chi connectivity index (χ0v) is 16.0. The van der Waals surface area contributed by atoms with Crippen molar-refractivity contribution < 1.29 is 27.4 Å². The van der Waals surface area contributed by atoms with Crippen LogP contribution in [0.5, 0.6) is 23.0 Å². The lowest BCUT2D eigenvalue weighted by Gasteiger charge is -2.12. The predicted octanol–water partition coefficient (Wildman–Crippen LogP) is 3.31. The fourth-order valence-corrected chi connectivity index (χ4v) is 3.50. The third-order valence-electron chi connectivity index (χ3n) is 3.68. The quantitative estimate of drug-likeness (QED) is 0.702. The Bertz CT molecular complexity index is 844. The topological polar surface area (TPSA) is 71.1 Å². The maximum Gasteiger partial charge on any atom is 0.203 e. The summed E-state index contributed by atoms with van der Waals surface area (Å²) in [5, 5.41) is 1.18. The molecule has 0 saturated carbocycles. The van der Waals surface area contributed by atoms with Crippen LogP contribution >= 0.6 is 0 Å². The zero-order chi connectivity index (χ0) is 19.2. The van der Waals surface area contributed by atoms with Crippen LogP contribution in [0, 0.1) is 0 Å². The predicted molar refractivity (Wildman–Crippen MR) is 101 cm³/mol. The first-order valence-electron chi connectivity index (χ1n) is 7.76. The van der Waals surface area contributed by atoms with Gasteiger partial charge in [-0.2, -0.15) is 0 Å². The summed E-state index contributed by atoms with van der Waals surface area (Å²) in [5.41, 5.74) is 1.30. The molecule has 0 bridgehead atoms. The van der Waals surface area contributed by atoms with Crippen molar-refractivity contribution in [1.29, 1.82) is 0 Å². The van der Waals surface area contributed by atoms with E-state index < -0.39 is 9.84 Å². The van der Waals surface area contributed by atoms with Crippen LogP contribution in [0.25, 0.3) is 6.08 Å². The van der Waals surface area contributed by atoms with Crippen LogP contribution in [0.1, 0.15) is 11.1 Å². The van der Waals surface area contributed by atoms with E-state index in [0.29, 0.717) is 34.1 Å². The number of ether oxygens (including phenoxy) is 4. The van der Waals surface area contributed by atoms with Crippen LogP contribution in [0.2, 0.25) is 0 Å². The molecule has 2 rings (SSSR count). The first-order chi connectivity index (χ1) is 12.4. The van der Waals surface area contributed by atoms with Crippen molar-refractivity contribution in [1.82, 2.24) is 0 Å². The molecular formula is C19H22O6S. The van der Waals surface area contributed by atoms with Crippen LogP contribution in [-0.2, 0) is 15.6 Å². The van der Waals surface area contributed by atoms with E-state index in [1.807, 2.05) is 0 Å². The SMILES string of the molecule is COc1ccc(CS(=O)(=O)C=Cc2cc(OC)c(OC)c(OC)c2)cc1. The Kier molecular flexibility index (Phi) is 6.52. The average Bonchev–Trinajstić information content (AvgIpc) is 2.65. The molecule has 0 saturated heterocycles. The normalized spacial score (nSPS) is 11.4. The van der Waals surface area contributed by atoms with Gasteiger partial charge in [-0.1, -0.05) is 12.1 Å². The van der Waals surface area contributed by atoms with E-state index in [0.717, 1.165) is 0 Å². The Hall–Kier alpha value is -2.67. The van der Waals surface area contributed by atoms with E-state index in [9.17, 15) is 8.42 Å². The Balaban J connectivity index is 2.23. The van der Waals surface area contributed by atoms with E-state index in [4.69, 9.17) is 18.9 Å². The standard InChI is InChI=1S/C19H22O6S/c1-22-16-7-5-14(6-8-16)13-26(20,21)10-9-15-11-17(23-2)19(25-4)18(12-15)24-3/h5-12H,13H2,1-4H3. The van der Waals surface area contributed by atoms with Gasteiger partial charge in [0.2, 0.25) is 5.75 Å². The van der Waals surface area contributed by atoms with Crippen LogP contribution in [-0.4, -0.2) is 36.9 Å². The van der Waals surface area contributed by atoms with E-state index in [2.05, 4.69) is 0 Å². The van der Waals surface area contributed by atoms with Gasteiger partial charge < -0.3 is 18.9 Å². The lowest BCUT2D eigenvalue weighted by Crippen LogP contribution is -2.00. The van der Waals surface area contributed by atoms with Crippen molar-refractivity contribution in [3.05, 3.63) is 52.9 Å². The van der Waals surface area contributed by atoms with Crippen LogP contribution in [0.15, 0.2) is 41.8 Å². The molecule has 140 valence electrons. The minimum atomic E-state index is -3.44. The Labute approximate surface area is 153 Å². The number of sulfone groups is 1. The van der Waals surface area contributed by atoms with Gasteiger partial charge in [-0.25, -0.2) is 8.42 Å². The molecule has 7 heteroatoms. The van der Waals surface area contributed by atoms with Crippen molar-refractivity contribution in [2.75, 3.05) is 28.4 Å². The summed E-state index contributed by atoms with van der Waals surface area (Å²) in [4.78, 5) is 0. The maximum atomic E-state index is 12.4. The maximum absolute atomic E-state index is 12.4. The van der Waals surface area contributed by atoms with Crippen LogP contribution in [0.3, 0.4) is 0 Å². The summed E-state index contributed by atoms with van der Waals surface area (Å²) in [6.07, 6.45) is 1.50. The van der Waals surface area contributed by atoms with Gasteiger partial charge in [0, 0.05) is 5.41 Å². The number of rotatable bonds is 8. The molecule has 6 nitrogen and oxygen atoms in total. The summed E-state index contributed by atoms with van der Waals surface area (Å²) in [5.74, 6) is 1.95. The minimum Gasteiger partial charge on any atom is -0.497 e. The molecule has 0 heterocycles. The summed E-state index contributed by atoms with van der Waals surface area (Å²) in [6, 6.07) is 10.3. The van der Waals surface area contributed by atoms with Crippen molar-refractivity contribution in [2.24, 2.45) is 0 Å². The smallest absolute Gasteiger partial charge is 0.203 e. The highest BCUT2D eigenvalue weighted by atomic mass is 32.2.